The second kappa shape index (κ2) is 3.55. The summed E-state index contributed by atoms with van der Waals surface area (Å²) in [6.45, 7) is 10.7. The Morgan fingerprint density at radius 2 is 1.92 bits per heavy atom. The summed E-state index contributed by atoms with van der Waals surface area (Å²) in [6.07, 6.45) is 0. The SMILES string of the molecule is CC(C)(C)SC1=NC(C)(C)C(=S)S1. The molecular formula is C9H15NS3. The summed E-state index contributed by atoms with van der Waals surface area (Å²) in [4.78, 5) is 4.59. The largest absolute Gasteiger partial charge is 0.259 e. The van der Waals surface area contributed by atoms with Crippen LogP contribution in [0.5, 0.6) is 0 Å². The molecule has 1 nitrogen and oxygen atoms in total. The average molecular weight is 233 g/mol. The zero-order chi connectivity index (χ0) is 10.3. The van der Waals surface area contributed by atoms with E-state index in [1.165, 1.54) is 0 Å². The number of hydrogen-bond acceptors (Lipinski definition) is 4. The van der Waals surface area contributed by atoms with E-state index in [0.717, 1.165) is 8.57 Å². The van der Waals surface area contributed by atoms with Crippen molar-refractivity contribution in [1.29, 1.82) is 0 Å². The summed E-state index contributed by atoms with van der Waals surface area (Å²) in [7, 11) is 0. The lowest BCUT2D eigenvalue weighted by Crippen LogP contribution is -2.20. The fourth-order valence-corrected chi connectivity index (χ4v) is 3.94. The van der Waals surface area contributed by atoms with Crippen LogP contribution < -0.4 is 0 Å². The van der Waals surface area contributed by atoms with Crippen LogP contribution in [-0.4, -0.2) is 18.9 Å². The first-order valence-electron chi connectivity index (χ1n) is 4.22. The Labute approximate surface area is 94.2 Å². The summed E-state index contributed by atoms with van der Waals surface area (Å²) in [5.74, 6) is 0. The molecule has 0 unspecified atom stereocenters. The maximum Gasteiger partial charge on any atom is 0.131 e. The van der Waals surface area contributed by atoms with Gasteiger partial charge in [-0.15, -0.1) is 0 Å². The highest BCUT2D eigenvalue weighted by molar-refractivity contribution is 8.48. The molecule has 0 spiro atoms. The molecule has 1 aliphatic heterocycles. The van der Waals surface area contributed by atoms with E-state index in [1.807, 2.05) is 0 Å². The van der Waals surface area contributed by atoms with Crippen molar-refractivity contribution in [3.05, 3.63) is 0 Å². The molecule has 0 N–H and O–H groups in total. The highest BCUT2D eigenvalue weighted by Gasteiger charge is 2.33. The van der Waals surface area contributed by atoms with E-state index < -0.39 is 0 Å². The summed E-state index contributed by atoms with van der Waals surface area (Å²) < 4.78 is 2.32. The van der Waals surface area contributed by atoms with E-state index in [0.29, 0.717) is 0 Å². The van der Waals surface area contributed by atoms with Gasteiger partial charge in [0.15, 0.2) is 0 Å². The molecule has 0 aromatic carbocycles. The van der Waals surface area contributed by atoms with Gasteiger partial charge in [0.25, 0.3) is 0 Å². The number of rotatable bonds is 0. The average Bonchev–Trinajstić information content (AvgIpc) is 2.01. The molecule has 0 fully saturated rings. The Morgan fingerprint density at radius 3 is 2.23 bits per heavy atom. The summed E-state index contributed by atoms with van der Waals surface area (Å²) >= 11 is 8.70. The van der Waals surface area contributed by atoms with Gasteiger partial charge in [-0.05, 0) is 13.8 Å². The molecule has 0 atom stereocenters. The number of hydrogen-bond donors (Lipinski definition) is 0. The molecule has 13 heavy (non-hydrogen) atoms. The van der Waals surface area contributed by atoms with Crippen LogP contribution in [0.4, 0.5) is 0 Å². The van der Waals surface area contributed by atoms with Crippen molar-refractivity contribution in [2.45, 2.75) is 44.9 Å². The van der Waals surface area contributed by atoms with Crippen molar-refractivity contribution in [1.82, 2.24) is 0 Å². The number of aliphatic imine (C=N–C) groups is 1. The minimum absolute atomic E-state index is 0.145. The van der Waals surface area contributed by atoms with Crippen LogP contribution in [0.1, 0.15) is 34.6 Å². The van der Waals surface area contributed by atoms with Gasteiger partial charge in [-0.25, -0.2) is 0 Å². The lowest BCUT2D eigenvalue weighted by atomic mass is 10.1. The second-order valence-corrected chi connectivity index (χ2v) is 8.28. The highest BCUT2D eigenvalue weighted by Crippen LogP contribution is 2.39. The van der Waals surface area contributed by atoms with Gasteiger partial charge < -0.3 is 0 Å². The van der Waals surface area contributed by atoms with E-state index >= 15 is 0 Å². The Balaban J connectivity index is 2.72. The van der Waals surface area contributed by atoms with Crippen LogP contribution in [-0.2, 0) is 0 Å². The molecule has 0 amide bonds. The third-order valence-electron chi connectivity index (χ3n) is 1.44. The van der Waals surface area contributed by atoms with Crippen molar-refractivity contribution < 1.29 is 0 Å². The molecule has 1 heterocycles. The smallest absolute Gasteiger partial charge is 0.131 e. The van der Waals surface area contributed by atoms with E-state index in [-0.39, 0.29) is 10.3 Å². The van der Waals surface area contributed by atoms with Gasteiger partial charge in [-0.1, -0.05) is 56.5 Å². The van der Waals surface area contributed by atoms with Gasteiger partial charge in [0.05, 0.1) is 9.74 Å². The van der Waals surface area contributed by atoms with Crippen LogP contribution >= 0.6 is 35.7 Å². The Morgan fingerprint density at radius 1 is 1.38 bits per heavy atom. The monoisotopic (exact) mass is 233 g/mol. The third-order valence-corrected chi connectivity index (χ3v) is 4.52. The number of thiocarbonyl (C=S) groups is 1. The normalized spacial score (nSPS) is 21.9. The summed E-state index contributed by atoms with van der Waals surface area (Å²) in [5.41, 5.74) is -0.145. The Hall–Kier alpha value is 0.460. The molecule has 0 bridgehead atoms. The maximum absolute atomic E-state index is 5.26. The van der Waals surface area contributed by atoms with Gasteiger partial charge in [0.1, 0.15) is 4.38 Å². The number of nitrogens with zero attached hydrogens (tertiary/aromatic N) is 1. The lowest BCUT2D eigenvalue weighted by molar-refractivity contribution is 0.730. The highest BCUT2D eigenvalue weighted by atomic mass is 32.2. The molecule has 1 rings (SSSR count). The number of thioether (sulfide) groups is 2. The molecule has 0 radical (unpaired) electrons. The maximum atomic E-state index is 5.26. The van der Waals surface area contributed by atoms with E-state index in [1.54, 1.807) is 23.5 Å². The van der Waals surface area contributed by atoms with Gasteiger partial charge in [-0.2, -0.15) is 0 Å². The molecule has 1 aliphatic rings. The predicted octanol–water partition coefficient (Wildman–Crippen LogP) is 3.73. The third kappa shape index (κ3) is 3.26. The Kier molecular flexibility index (Phi) is 3.15. The van der Waals surface area contributed by atoms with Crippen molar-refractivity contribution in [3.63, 3.8) is 0 Å². The first-order valence-corrected chi connectivity index (χ1v) is 6.26. The van der Waals surface area contributed by atoms with Gasteiger partial charge >= 0.3 is 0 Å². The van der Waals surface area contributed by atoms with E-state index in [4.69, 9.17) is 12.2 Å². The van der Waals surface area contributed by atoms with Crippen molar-refractivity contribution in [3.8, 4) is 0 Å². The van der Waals surface area contributed by atoms with E-state index in [9.17, 15) is 0 Å². The zero-order valence-corrected chi connectivity index (χ0v) is 11.1. The minimum Gasteiger partial charge on any atom is -0.259 e. The zero-order valence-electron chi connectivity index (χ0n) is 8.67. The van der Waals surface area contributed by atoms with Gasteiger partial charge in [-0.3, -0.25) is 4.99 Å². The fraction of sp³-hybridized carbons (Fsp3) is 0.778. The standard InChI is InChI=1S/C9H15NS3/c1-8(2,3)13-7-10-9(4,5)6(11)12-7/h1-5H3. The second-order valence-electron chi connectivity index (χ2n) is 4.54. The molecule has 0 aromatic rings. The van der Waals surface area contributed by atoms with Crippen LogP contribution in [0.2, 0.25) is 0 Å². The van der Waals surface area contributed by atoms with Crippen molar-refractivity contribution in [2.75, 3.05) is 0 Å². The van der Waals surface area contributed by atoms with Gasteiger partial charge in [0.2, 0.25) is 0 Å². The summed E-state index contributed by atoms with van der Waals surface area (Å²) in [5, 5.41) is 0. The molecule has 74 valence electrons. The minimum atomic E-state index is -0.145. The first-order chi connectivity index (χ1) is 5.71. The molecule has 0 aromatic heterocycles. The van der Waals surface area contributed by atoms with Crippen LogP contribution in [0.25, 0.3) is 0 Å². The van der Waals surface area contributed by atoms with Crippen LogP contribution in [0.3, 0.4) is 0 Å². The molecule has 0 saturated heterocycles. The first kappa shape index (κ1) is 11.5. The lowest BCUT2D eigenvalue weighted by Gasteiger charge is -2.16. The summed E-state index contributed by atoms with van der Waals surface area (Å²) in [6, 6.07) is 0. The molecule has 0 saturated carbocycles. The quantitative estimate of drug-likeness (QED) is 0.592. The van der Waals surface area contributed by atoms with E-state index in [2.05, 4.69) is 39.6 Å². The van der Waals surface area contributed by atoms with Crippen molar-refractivity contribution in [2.24, 2.45) is 4.99 Å². The fourth-order valence-electron chi connectivity index (χ4n) is 0.806. The van der Waals surface area contributed by atoms with Crippen molar-refractivity contribution >= 4 is 44.3 Å². The topological polar surface area (TPSA) is 12.4 Å². The van der Waals surface area contributed by atoms with Crippen LogP contribution in [0.15, 0.2) is 4.99 Å². The molecule has 4 heteroatoms. The molecular weight excluding hydrogens is 218 g/mol. The molecule has 0 aliphatic carbocycles. The van der Waals surface area contributed by atoms with Crippen LogP contribution in [0, 0.1) is 0 Å². The predicted molar refractivity (Wildman–Crippen MR) is 69.0 cm³/mol. The van der Waals surface area contributed by atoms with Gasteiger partial charge in [0, 0.05) is 4.75 Å². The Bertz CT molecular complexity index is 261.